The molecule has 1 N–H and O–H groups in total. The second kappa shape index (κ2) is 3.92. The molecule has 1 saturated carbocycles. The molecule has 0 amide bonds. The van der Waals surface area contributed by atoms with Gasteiger partial charge in [-0.3, -0.25) is 0 Å². The van der Waals surface area contributed by atoms with Crippen molar-refractivity contribution in [3.63, 3.8) is 0 Å². The number of aromatic nitrogens is 2. The SMILES string of the molecule is CC.CNC1(c2cn(C)cn2)CC1. The lowest BCUT2D eigenvalue weighted by Gasteiger charge is -2.09. The van der Waals surface area contributed by atoms with E-state index in [4.69, 9.17) is 0 Å². The van der Waals surface area contributed by atoms with Crippen LogP contribution in [0.3, 0.4) is 0 Å². The standard InChI is InChI=1S/C8H13N3.C2H6/c1-9-8(3-4-8)7-5-11(2)6-10-7;1-2/h5-6,9H,3-4H2,1-2H3;1-2H3. The molecular weight excluding hydrogens is 162 g/mol. The summed E-state index contributed by atoms with van der Waals surface area (Å²) >= 11 is 0. The Morgan fingerprint density at radius 3 is 2.38 bits per heavy atom. The van der Waals surface area contributed by atoms with E-state index in [-0.39, 0.29) is 5.54 Å². The van der Waals surface area contributed by atoms with E-state index in [1.54, 1.807) is 0 Å². The van der Waals surface area contributed by atoms with Crippen LogP contribution in [0.4, 0.5) is 0 Å². The van der Waals surface area contributed by atoms with Gasteiger partial charge in [0.05, 0.1) is 17.6 Å². The smallest absolute Gasteiger partial charge is 0.0947 e. The third kappa shape index (κ3) is 1.91. The average molecular weight is 181 g/mol. The van der Waals surface area contributed by atoms with Gasteiger partial charge in [0.15, 0.2) is 0 Å². The summed E-state index contributed by atoms with van der Waals surface area (Å²) < 4.78 is 1.99. The van der Waals surface area contributed by atoms with Crippen molar-refractivity contribution in [2.24, 2.45) is 7.05 Å². The van der Waals surface area contributed by atoms with Crippen molar-refractivity contribution in [2.45, 2.75) is 32.2 Å². The quantitative estimate of drug-likeness (QED) is 0.752. The minimum Gasteiger partial charge on any atom is -0.340 e. The van der Waals surface area contributed by atoms with E-state index in [0.717, 1.165) is 0 Å². The van der Waals surface area contributed by atoms with E-state index in [2.05, 4.69) is 16.5 Å². The summed E-state index contributed by atoms with van der Waals surface area (Å²) in [4.78, 5) is 4.32. The molecule has 1 fully saturated rings. The highest BCUT2D eigenvalue weighted by atomic mass is 15.1. The first-order chi connectivity index (χ1) is 6.27. The van der Waals surface area contributed by atoms with Crippen molar-refractivity contribution < 1.29 is 0 Å². The zero-order chi connectivity index (χ0) is 9.90. The predicted molar refractivity (Wildman–Crippen MR) is 54.5 cm³/mol. The Bertz CT molecular complexity index is 261. The third-order valence-electron chi connectivity index (χ3n) is 2.42. The Hall–Kier alpha value is -0.830. The molecule has 0 saturated heterocycles. The van der Waals surface area contributed by atoms with Crippen LogP contribution in [0.5, 0.6) is 0 Å². The van der Waals surface area contributed by atoms with E-state index in [9.17, 15) is 0 Å². The van der Waals surface area contributed by atoms with Crippen LogP contribution < -0.4 is 5.32 Å². The lowest BCUT2D eigenvalue weighted by molar-refractivity contribution is 0.570. The van der Waals surface area contributed by atoms with Crippen LogP contribution in [-0.4, -0.2) is 16.6 Å². The van der Waals surface area contributed by atoms with Crippen LogP contribution in [-0.2, 0) is 12.6 Å². The summed E-state index contributed by atoms with van der Waals surface area (Å²) in [5.74, 6) is 0. The number of hydrogen-bond acceptors (Lipinski definition) is 2. The van der Waals surface area contributed by atoms with Crippen molar-refractivity contribution in [1.29, 1.82) is 0 Å². The van der Waals surface area contributed by atoms with Crippen LogP contribution in [0.15, 0.2) is 12.5 Å². The molecule has 0 aliphatic heterocycles. The Kier molecular flexibility index (Phi) is 3.09. The van der Waals surface area contributed by atoms with Gasteiger partial charge in [0.1, 0.15) is 0 Å². The van der Waals surface area contributed by atoms with E-state index in [1.807, 2.05) is 38.8 Å². The molecule has 1 aromatic heterocycles. The largest absolute Gasteiger partial charge is 0.340 e. The van der Waals surface area contributed by atoms with Crippen LogP contribution in [0.25, 0.3) is 0 Å². The van der Waals surface area contributed by atoms with Crippen LogP contribution in [0.1, 0.15) is 32.4 Å². The molecule has 0 radical (unpaired) electrons. The Labute approximate surface area is 80.2 Å². The molecule has 0 unspecified atom stereocenters. The van der Waals surface area contributed by atoms with Gasteiger partial charge in [-0.15, -0.1) is 0 Å². The maximum atomic E-state index is 4.32. The van der Waals surface area contributed by atoms with Gasteiger partial charge in [-0.25, -0.2) is 4.98 Å². The Morgan fingerprint density at radius 2 is 2.08 bits per heavy atom. The lowest BCUT2D eigenvalue weighted by atomic mass is 10.2. The predicted octanol–water partition coefficient (Wildman–Crippen LogP) is 1.65. The highest BCUT2D eigenvalue weighted by molar-refractivity contribution is 5.20. The molecule has 1 aliphatic carbocycles. The normalized spacial score (nSPS) is 17.5. The maximum Gasteiger partial charge on any atom is 0.0947 e. The van der Waals surface area contributed by atoms with Gasteiger partial charge in [0, 0.05) is 13.2 Å². The average Bonchev–Trinajstić information content (AvgIpc) is 2.87. The minimum atomic E-state index is 0.223. The topological polar surface area (TPSA) is 29.9 Å². The summed E-state index contributed by atoms with van der Waals surface area (Å²) in [5, 5.41) is 3.31. The first-order valence-electron chi connectivity index (χ1n) is 4.94. The number of rotatable bonds is 2. The molecule has 1 aromatic rings. The summed E-state index contributed by atoms with van der Waals surface area (Å²) in [5.41, 5.74) is 1.41. The van der Waals surface area contributed by atoms with Gasteiger partial charge in [0.25, 0.3) is 0 Å². The van der Waals surface area contributed by atoms with E-state index in [1.165, 1.54) is 18.5 Å². The highest BCUT2D eigenvalue weighted by Crippen LogP contribution is 2.43. The number of nitrogens with one attached hydrogen (secondary N) is 1. The molecule has 3 nitrogen and oxygen atoms in total. The Balaban J connectivity index is 0.000000396. The summed E-state index contributed by atoms with van der Waals surface area (Å²) in [7, 11) is 4.00. The van der Waals surface area contributed by atoms with Gasteiger partial charge >= 0.3 is 0 Å². The third-order valence-corrected chi connectivity index (χ3v) is 2.42. The molecule has 74 valence electrons. The molecule has 13 heavy (non-hydrogen) atoms. The van der Waals surface area contributed by atoms with Crippen LogP contribution in [0.2, 0.25) is 0 Å². The van der Waals surface area contributed by atoms with E-state index >= 15 is 0 Å². The maximum absolute atomic E-state index is 4.32. The van der Waals surface area contributed by atoms with Crippen LogP contribution in [0, 0.1) is 0 Å². The molecule has 1 heterocycles. The Morgan fingerprint density at radius 1 is 1.46 bits per heavy atom. The number of imidazole rings is 1. The fourth-order valence-electron chi connectivity index (χ4n) is 1.42. The molecule has 0 aromatic carbocycles. The molecule has 2 rings (SSSR count). The molecule has 3 heteroatoms. The van der Waals surface area contributed by atoms with Crippen molar-refractivity contribution in [3.8, 4) is 0 Å². The second-order valence-corrected chi connectivity index (χ2v) is 3.26. The van der Waals surface area contributed by atoms with Gasteiger partial charge in [0.2, 0.25) is 0 Å². The van der Waals surface area contributed by atoms with Crippen molar-refractivity contribution in [3.05, 3.63) is 18.2 Å². The van der Waals surface area contributed by atoms with Crippen molar-refractivity contribution in [2.75, 3.05) is 7.05 Å². The minimum absolute atomic E-state index is 0.223. The van der Waals surface area contributed by atoms with Gasteiger partial charge in [-0.1, -0.05) is 13.8 Å². The fourth-order valence-corrected chi connectivity index (χ4v) is 1.42. The van der Waals surface area contributed by atoms with Gasteiger partial charge in [-0.05, 0) is 19.9 Å². The zero-order valence-electron chi connectivity index (χ0n) is 8.96. The van der Waals surface area contributed by atoms with Crippen molar-refractivity contribution >= 4 is 0 Å². The van der Waals surface area contributed by atoms with Gasteiger partial charge in [-0.2, -0.15) is 0 Å². The molecular formula is C10H19N3. The summed E-state index contributed by atoms with van der Waals surface area (Å²) in [6.07, 6.45) is 6.39. The monoisotopic (exact) mass is 181 g/mol. The summed E-state index contributed by atoms with van der Waals surface area (Å²) in [6.45, 7) is 4.00. The van der Waals surface area contributed by atoms with Gasteiger partial charge < -0.3 is 9.88 Å². The van der Waals surface area contributed by atoms with Crippen molar-refractivity contribution in [1.82, 2.24) is 14.9 Å². The molecule has 0 atom stereocenters. The number of hydrogen-bond donors (Lipinski definition) is 1. The zero-order valence-corrected chi connectivity index (χ0v) is 8.96. The van der Waals surface area contributed by atoms with E-state index in [0.29, 0.717) is 0 Å². The molecule has 1 aliphatic rings. The highest BCUT2D eigenvalue weighted by Gasteiger charge is 2.44. The first kappa shape index (κ1) is 10.3. The number of aryl methyl sites for hydroxylation is 1. The second-order valence-electron chi connectivity index (χ2n) is 3.26. The van der Waals surface area contributed by atoms with E-state index < -0.39 is 0 Å². The lowest BCUT2D eigenvalue weighted by Crippen LogP contribution is -2.24. The van der Waals surface area contributed by atoms with Crippen LogP contribution >= 0.6 is 0 Å². The summed E-state index contributed by atoms with van der Waals surface area (Å²) in [6, 6.07) is 0. The fraction of sp³-hybridized carbons (Fsp3) is 0.700. The first-order valence-corrected chi connectivity index (χ1v) is 4.94. The molecule has 0 spiro atoms. The number of nitrogens with zero attached hydrogens (tertiary/aromatic N) is 2. The molecule has 0 bridgehead atoms.